The summed E-state index contributed by atoms with van der Waals surface area (Å²) in [5.74, 6) is 0.605. The van der Waals surface area contributed by atoms with Crippen molar-refractivity contribution < 1.29 is 14.3 Å². The normalized spacial score (nSPS) is 27.2. The van der Waals surface area contributed by atoms with Gasteiger partial charge in [-0.2, -0.15) is 0 Å². The van der Waals surface area contributed by atoms with E-state index < -0.39 is 13.6 Å². The van der Waals surface area contributed by atoms with Gasteiger partial charge in [0.1, 0.15) is 11.3 Å². The molecule has 2 aliphatic rings. The van der Waals surface area contributed by atoms with Gasteiger partial charge in [-0.3, -0.25) is 9.59 Å². The topological polar surface area (TPSA) is 58.6 Å². The second kappa shape index (κ2) is 8.93. The number of methoxy groups -OCH3 is 1. The number of carbonyl (C=O) groups is 2. The van der Waals surface area contributed by atoms with Crippen LogP contribution in [-0.2, 0) is 4.79 Å². The molecule has 1 aliphatic carbocycles. The number of nitrogens with zero attached hydrogens (tertiary/aromatic N) is 1. The minimum atomic E-state index is -1.65. The average Bonchev–Trinajstić information content (AvgIpc) is 3.61. The van der Waals surface area contributed by atoms with Gasteiger partial charge in [0.25, 0.3) is 11.8 Å². The molecule has 1 unspecified atom stereocenters. The van der Waals surface area contributed by atoms with Crippen LogP contribution in [0.2, 0.25) is 25.2 Å². The first-order valence-electron chi connectivity index (χ1n) is 12.6. The Bertz CT molecular complexity index is 1260. The second-order valence-electron chi connectivity index (χ2n) is 11.2. The Morgan fingerprint density at radius 2 is 1.50 bits per heavy atom. The molecule has 1 aliphatic heterocycles. The van der Waals surface area contributed by atoms with Crippen molar-refractivity contribution in [2.75, 3.05) is 12.0 Å². The van der Waals surface area contributed by atoms with E-state index in [-0.39, 0.29) is 29.7 Å². The molecule has 5 atom stereocenters. The second-order valence-corrected chi connectivity index (χ2v) is 16.6. The highest BCUT2D eigenvalue weighted by molar-refractivity contribution is 6.78. The molecule has 0 radical (unpaired) electrons. The van der Waals surface area contributed by atoms with Gasteiger partial charge in [-0.15, -0.1) is 0 Å². The minimum Gasteiger partial charge on any atom is -0.497 e. The Balaban J connectivity index is 1.64. The molecular formula is C30H34N2O3Si. The number of ether oxygens (including phenoxy) is 1. The number of benzene rings is 3. The van der Waals surface area contributed by atoms with Crippen LogP contribution < -0.4 is 15.0 Å². The molecule has 0 spiro atoms. The maximum Gasteiger partial charge on any atom is 0.253 e. The van der Waals surface area contributed by atoms with Crippen LogP contribution >= 0.6 is 0 Å². The fourth-order valence-electron chi connectivity index (χ4n) is 6.32. The zero-order valence-corrected chi connectivity index (χ0v) is 22.6. The van der Waals surface area contributed by atoms with Crippen LogP contribution in [0.5, 0.6) is 5.75 Å². The van der Waals surface area contributed by atoms with E-state index >= 15 is 0 Å². The van der Waals surface area contributed by atoms with Crippen molar-refractivity contribution in [2.24, 2.45) is 5.92 Å². The molecule has 0 bridgehead atoms. The predicted molar refractivity (Wildman–Crippen MR) is 146 cm³/mol. The van der Waals surface area contributed by atoms with Gasteiger partial charge in [-0.1, -0.05) is 68.2 Å². The van der Waals surface area contributed by atoms with E-state index in [1.165, 1.54) is 0 Å². The monoisotopic (exact) mass is 498 g/mol. The summed E-state index contributed by atoms with van der Waals surface area (Å²) in [7, 11) is -0.00729. The van der Waals surface area contributed by atoms with E-state index in [2.05, 4.69) is 37.1 Å². The zero-order valence-electron chi connectivity index (χ0n) is 21.6. The summed E-state index contributed by atoms with van der Waals surface area (Å²) in [6.45, 7) is 9.07. The summed E-state index contributed by atoms with van der Waals surface area (Å²) in [6.07, 6.45) is 0. The summed E-state index contributed by atoms with van der Waals surface area (Å²) in [5, 5.41) is 3.22. The quantitative estimate of drug-likeness (QED) is 0.442. The number of nitrogens with one attached hydrogen (secondary N) is 1. The molecule has 5 nitrogen and oxygen atoms in total. The van der Waals surface area contributed by atoms with Crippen LogP contribution in [0.1, 0.15) is 28.8 Å². The van der Waals surface area contributed by atoms with Crippen LogP contribution in [0.15, 0.2) is 84.9 Å². The van der Waals surface area contributed by atoms with Gasteiger partial charge in [0.05, 0.1) is 15.2 Å². The molecule has 186 valence electrons. The smallest absolute Gasteiger partial charge is 0.253 e. The lowest BCUT2D eigenvalue weighted by molar-refractivity contribution is -0.126. The molecule has 2 amide bonds. The van der Waals surface area contributed by atoms with Crippen molar-refractivity contribution in [1.82, 2.24) is 5.32 Å². The number of rotatable bonds is 6. The van der Waals surface area contributed by atoms with Gasteiger partial charge in [0, 0.05) is 23.2 Å². The van der Waals surface area contributed by atoms with Gasteiger partial charge in [-0.25, -0.2) is 0 Å². The molecule has 1 saturated heterocycles. The third-order valence-corrected chi connectivity index (χ3v) is 10.6. The van der Waals surface area contributed by atoms with Crippen molar-refractivity contribution >= 4 is 25.6 Å². The molecular weight excluding hydrogens is 464 g/mol. The maximum atomic E-state index is 14.6. The summed E-state index contributed by atoms with van der Waals surface area (Å²) < 4.78 is 5.36. The van der Waals surface area contributed by atoms with E-state index in [1.54, 1.807) is 19.2 Å². The molecule has 0 aromatic heterocycles. The Morgan fingerprint density at radius 1 is 0.917 bits per heavy atom. The lowest BCUT2D eigenvalue weighted by atomic mass is 9.73. The summed E-state index contributed by atoms with van der Waals surface area (Å²) >= 11 is 0. The van der Waals surface area contributed by atoms with Gasteiger partial charge >= 0.3 is 0 Å². The Kier molecular flexibility index (Phi) is 6.03. The molecule has 1 N–H and O–H groups in total. The summed E-state index contributed by atoms with van der Waals surface area (Å²) in [6, 6.07) is 27.2. The Hall–Kier alpha value is -3.38. The Morgan fingerprint density at radius 3 is 2.06 bits per heavy atom. The fraction of sp³-hybridized carbons (Fsp3) is 0.333. The molecule has 1 saturated carbocycles. The van der Waals surface area contributed by atoms with Crippen molar-refractivity contribution in [1.29, 1.82) is 0 Å². The van der Waals surface area contributed by atoms with Gasteiger partial charge in [0.2, 0.25) is 0 Å². The van der Waals surface area contributed by atoms with Crippen molar-refractivity contribution in [2.45, 2.75) is 49.6 Å². The average molecular weight is 499 g/mol. The summed E-state index contributed by atoms with van der Waals surface area (Å²) in [5.41, 5.74) is 1.82. The number of hydrogen-bond acceptors (Lipinski definition) is 3. The molecule has 5 rings (SSSR count). The van der Waals surface area contributed by atoms with Gasteiger partial charge in [0.15, 0.2) is 0 Å². The Labute approximate surface area is 214 Å². The number of carbonyl (C=O) groups excluding carboxylic acids is 2. The van der Waals surface area contributed by atoms with Crippen LogP contribution in [0.25, 0.3) is 0 Å². The van der Waals surface area contributed by atoms with E-state index in [4.69, 9.17) is 4.74 Å². The highest BCUT2D eigenvalue weighted by Gasteiger charge is 2.71. The largest absolute Gasteiger partial charge is 0.497 e. The van der Waals surface area contributed by atoms with Gasteiger partial charge in [-0.05, 0) is 60.3 Å². The standard InChI is InChI=1S/C30H34N2O3Si/c1-30(31-28(33)21-14-10-7-11-15-21)25(20-12-8-6-9-13-20)24-26(27(24)36(3,4)5)32(29(30)34)22-16-18-23(35-2)19-17-22/h6-19,24-27H,1-5H3,(H,31,33)/t24-,25+,26+,27?,30-/m1/s1. The van der Waals surface area contributed by atoms with Crippen LogP contribution in [0.4, 0.5) is 5.69 Å². The highest BCUT2D eigenvalue weighted by atomic mass is 28.3. The van der Waals surface area contributed by atoms with Crippen molar-refractivity contribution in [3.05, 3.63) is 96.1 Å². The molecule has 3 aromatic carbocycles. The zero-order chi connectivity index (χ0) is 25.7. The van der Waals surface area contributed by atoms with E-state index in [0.29, 0.717) is 11.1 Å². The van der Waals surface area contributed by atoms with E-state index in [9.17, 15) is 9.59 Å². The van der Waals surface area contributed by atoms with Crippen LogP contribution in [0.3, 0.4) is 0 Å². The highest BCUT2D eigenvalue weighted by Crippen LogP contribution is 2.66. The molecule has 36 heavy (non-hydrogen) atoms. The fourth-order valence-corrected chi connectivity index (χ4v) is 9.15. The summed E-state index contributed by atoms with van der Waals surface area (Å²) in [4.78, 5) is 30.0. The lowest BCUT2D eigenvalue weighted by Crippen LogP contribution is -2.65. The SMILES string of the molecule is COc1ccc(N2C(=O)[C@](C)(NC(=O)c3ccccc3)[C@@H](c3ccccc3)[C@H]3C([Si](C)(C)C)[C@H]32)cc1. The van der Waals surface area contributed by atoms with Crippen molar-refractivity contribution in [3.8, 4) is 5.75 Å². The first kappa shape index (κ1) is 24.3. The number of amides is 2. The van der Waals surface area contributed by atoms with Gasteiger partial charge < -0.3 is 15.0 Å². The van der Waals surface area contributed by atoms with E-state index in [1.807, 2.05) is 72.5 Å². The number of hydrogen-bond donors (Lipinski definition) is 1. The first-order valence-corrected chi connectivity index (χ1v) is 16.1. The molecule has 3 aromatic rings. The molecule has 6 heteroatoms. The predicted octanol–water partition coefficient (Wildman–Crippen LogP) is 5.72. The third kappa shape index (κ3) is 4.03. The minimum absolute atomic E-state index is 0.0622. The van der Waals surface area contributed by atoms with Crippen molar-refractivity contribution in [3.63, 3.8) is 0 Å². The van der Waals surface area contributed by atoms with E-state index in [0.717, 1.165) is 17.0 Å². The molecule has 1 heterocycles. The van der Waals surface area contributed by atoms with Crippen LogP contribution in [-0.4, -0.2) is 38.6 Å². The number of anilines is 1. The number of piperidine rings is 1. The molecule has 2 fully saturated rings. The number of fused-ring (bicyclic) bond motifs is 1. The third-order valence-electron chi connectivity index (χ3n) is 7.92. The lowest BCUT2D eigenvalue weighted by Gasteiger charge is -2.45. The van der Waals surface area contributed by atoms with Crippen LogP contribution in [0, 0.1) is 5.92 Å². The first-order chi connectivity index (χ1) is 17.2. The maximum absolute atomic E-state index is 14.6.